The van der Waals surface area contributed by atoms with Crippen LogP contribution in [0.15, 0.2) is 48.5 Å². The minimum Gasteiger partial charge on any atom is -0.444 e. The fraction of sp³-hybridized carbons (Fsp3) is 0.400. The van der Waals surface area contributed by atoms with Gasteiger partial charge in [-0.05, 0) is 51.8 Å². The molecule has 0 radical (unpaired) electrons. The normalized spacial score (nSPS) is 12.9. The third-order valence-electron chi connectivity index (χ3n) is 4.95. The van der Waals surface area contributed by atoms with Crippen LogP contribution in [0.5, 0.6) is 0 Å². The van der Waals surface area contributed by atoms with Gasteiger partial charge in [-0.15, -0.1) is 0 Å². The first-order chi connectivity index (χ1) is 15.4. The summed E-state index contributed by atoms with van der Waals surface area (Å²) >= 11 is 4.23. The molecule has 0 heterocycles. The van der Waals surface area contributed by atoms with E-state index in [1.54, 1.807) is 20.8 Å². The number of nitrogens with zero attached hydrogens (tertiary/aromatic N) is 1. The first kappa shape index (κ1) is 26.3. The molecule has 0 spiro atoms. The highest BCUT2D eigenvalue weighted by Gasteiger charge is 2.33. The van der Waals surface area contributed by atoms with E-state index in [9.17, 15) is 14.4 Å². The van der Waals surface area contributed by atoms with Gasteiger partial charge in [-0.1, -0.05) is 48.0 Å². The maximum atomic E-state index is 13.4. The zero-order valence-corrected chi connectivity index (χ0v) is 20.9. The monoisotopic (exact) mass is 471 g/mol. The molecule has 0 aromatic heterocycles. The Labute approximate surface area is 201 Å². The number of hydrogen-bond acceptors (Lipinski definition) is 5. The zero-order valence-electron chi connectivity index (χ0n) is 20.0. The zero-order chi connectivity index (χ0) is 24.8. The van der Waals surface area contributed by atoms with Gasteiger partial charge in [0.1, 0.15) is 17.7 Å². The van der Waals surface area contributed by atoms with Crippen LogP contribution in [0.2, 0.25) is 0 Å². The molecule has 33 heavy (non-hydrogen) atoms. The highest BCUT2D eigenvalue weighted by atomic mass is 32.1. The predicted octanol–water partition coefficient (Wildman–Crippen LogP) is 4.26. The van der Waals surface area contributed by atoms with Gasteiger partial charge in [0.15, 0.2) is 0 Å². The maximum Gasteiger partial charge on any atom is 0.408 e. The molecule has 0 saturated heterocycles. The molecule has 0 bridgehead atoms. The second kappa shape index (κ2) is 11.2. The van der Waals surface area contributed by atoms with Crippen LogP contribution < -0.4 is 10.6 Å². The first-order valence-electron chi connectivity index (χ1n) is 10.7. The number of amides is 3. The van der Waals surface area contributed by atoms with E-state index < -0.39 is 29.7 Å². The van der Waals surface area contributed by atoms with Gasteiger partial charge in [0.2, 0.25) is 5.91 Å². The highest BCUT2D eigenvalue weighted by molar-refractivity contribution is 7.80. The molecule has 2 N–H and O–H groups in total. The molecule has 0 aliphatic heterocycles. The Morgan fingerprint density at radius 3 is 2.18 bits per heavy atom. The van der Waals surface area contributed by atoms with Gasteiger partial charge in [-0.2, -0.15) is 12.6 Å². The van der Waals surface area contributed by atoms with Crippen LogP contribution in [0, 0.1) is 13.8 Å². The molecule has 178 valence electrons. The molecular weight excluding hydrogens is 438 g/mol. The standard InChI is InChI=1S/C25H33N3O4S/c1-16-11-13-18(14-12-16)21(22(29)26-19-10-8-7-9-17(19)2)28(6)23(30)20(15-33)27-24(31)32-25(3,4)5/h7-14,20-21,33H,15H2,1-6H3,(H,26,29)(H,27,31). The summed E-state index contributed by atoms with van der Waals surface area (Å²) < 4.78 is 5.26. The number of likely N-dealkylation sites (N-methyl/N-ethyl adjacent to an activating group) is 1. The fourth-order valence-corrected chi connectivity index (χ4v) is 3.47. The van der Waals surface area contributed by atoms with E-state index in [0.717, 1.165) is 11.1 Å². The van der Waals surface area contributed by atoms with Gasteiger partial charge in [0.25, 0.3) is 5.91 Å². The average Bonchev–Trinajstić information content (AvgIpc) is 2.73. The van der Waals surface area contributed by atoms with Crippen molar-refractivity contribution in [3.63, 3.8) is 0 Å². The number of ether oxygens (including phenoxy) is 1. The molecule has 3 amide bonds. The lowest BCUT2D eigenvalue weighted by Gasteiger charge is -2.31. The third-order valence-corrected chi connectivity index (χ3v) is 5.32. The Balaban J connectivity index is 2.31. The van der Waals surface area contributed by atoms with Crippen LogP contribution in [0.25, 0.3) is 0 Å². The average molecular weight is 472 g/mol. The van der Waals surface area contributed by atoms with Crippen LogP contribution >= 0.6 is 12.6 Å². The van der Waals surface area contributed by atoms with Crippen LogP contribution in [-0.2, 0) is 14.3 Å². The SMILES string of the molecule is Cc1ccc(C(C(=O)Nc2ccccc2C)N(C)C(=O)C(CS)NC(=O)OC(C)(C)C)cc1. The van der Waals surface area contributed by atoms with Gasteiger partial charge in [-0.25, -0.2) is 4.79 Å². The van der Waals surface area contributed by atoms with E-state index in [0.29, 0.717) is 11.3 Å². The van der Waals surface area contributed by atoms with E-state index in [-0.39, 0.29) is 11.7 Å². The van der Waals surface area contributed by atoms with Gasteiger partial charge >= 0.3 is 6.09 Å². The van der Waals surface area contributed by atoms with Crippen molar-refractivity contribution in [1.29, 1.82) is 0 Å². The number of benzene rings is 2. The number of hydrogen-bond donors (Lipinski definition) is 3. The van der Waals surface area contributed by atoms with Crippen molar-refractivity contribution in [3.8, 4) is 0 Å². The minimum atomic E-state index is -0.965. The van der Waals surface area contributed by atoms with Crippen molar-refractivity contribution in [2.75, 3.05) is 18.1 Å². The van der Waals surface area contributed by atoms with Crippen LogP contribution in [0.1, 0.15) is 43.5 Å². The van der Waals surface area contributed by atoms with Crippen LogP contribution in [-0.4, -0.2) is 47.3 Å². The molecule has 8 heteroatoms. The summed E-state index contributed by atoms with van der Waals surface area (Å²) in [6.45, 7) is 9.05. The van der Waals surface area contributed by atoms with Crippen molar-refractivity contribution >= 4 is 36.2 Å². The number of rotatable bonds is 7. The lowest BCUT2D eigenvalue weighted by molar-refractivity contribution is -0.138. The lowest BCUT2D eigenvalue weighted by atomic mass is 10.0. The topological polar surface area (TPSA) is 87.7 Å². The Hall–Kier alpha value is -3.00. The molecule has 2 aromatic carbocycles. The van der Waals surface area contributed by atoms with Crippen molar-refractivity contribution in [2.24, 2.45) is 0 Å². The first-order valence-corrected chi connectivity index (χ1v) is 11.4. The number of alkyl carbamates (subject to hydrolysis) is 1. The second-order valence-electron chi connectivity index (χ2n) is 8.95. The molecule has 7 nitrogen and oxygen atoms in total. The Kier molecular flexibility index (Phi) is 8.93. The molecule has 0 aliphatic carbocycles. The summed E-state index contributed by atoms with van der Waals surface area (Å²) in [5.41, 5.74) is 2.54. The van der Waals surface area contributed by atoms with E-state index >= 15 is 0 Å². The Morgan fingerprint density at radius 1 is 1.03 bits per heavy atom. The summed E-state index contributed by atoms with van der Waals surface area (Å²) in [5, 5.41) is 5.48. The van der Waals surface area contributed by atoms with Gasteiger partial charge in [0.05, 0.1) is 0 Å². The van der Waals surface area contributed by atoms with E-state index in [2.05, 4.69) is 23.3 Å². The molecular formula is C25H33N3O4S. The lowest BCUT2D eigenvalue weighted by Crippen LogP contribution is -2.52. The van der Waals surface area contributed by atoms with Crippen LogP contribution in [0.3, 0.4) is 0 Å². The number of carbonyl (C=O) groups excluding carboxylic acids is 3. The maximum absolute atomic E-state index is 13.4. The van der Waals surface area contributed by atoms with Crippen molar-refractivity contribution in [3.05, 3.63) is 65.2 Å². The summed E-state index contributed by atoms with van der Waals surface area (Å²) in [6, 6.07) is 12.9. The predicted molar refractivity (Wildman–Crippen MR) is 134 cm³/mol. The van der Waals surface area contributed by atoms with Crippen molar-refractivity contribution < 1.29 is 19.1 Å². The fourth-order valence-electron chi connectivity index (χ4n) is 3.22. The van der Waals surface area contributed by atoms with E-state index in [1.807, 2.05) is 62.4 Å². The second-order valence-corrected chi connectivity index (χ2v) is 9.31. The van der Waals surface area contributed by atoms with Gasteiger partial charge < -0.3 is 20.3 Å². The number of carbonyl (C=O) groups is 3. The molecule has 0 fully saturated rings. The molecule has 2 atom stereocenters. The van der Waals surface area contributed by atoms with Crippen molar-refractivity contribution in [2.45, 2.75) is 52.3 Å². The third kappa shape index (κ3) is 7.53. The number of nitrogens with one attached hydrogen (secondary N) is 2. The van der Waals surface area contributed by atoms with E-state index in [1.165, 1.54) is 11.9 Å². The van der Waals surface area contributed by atoms with Crippen molar-refractivity contribution in [1.82, 2.24) is 10.2 Å². The molecule has 0 saturated carbocycles. The molecule has 2 aromatic rings. The largest absolute Gasteiger partial charge is 0.444 e. The summed E-state index contributed by atoms with van der Waals surface area (Å²) in [5.74, 6) is -0.775. The van der Waals surface area contributed by atoms with Crippen LogP contribution in [0.4, 0.5) is 10.5 Å². The number of para-hydroxylation sites is 1. The Morgan fingerprint density at radius 2 is 1.64 bits per heavy atom. The molecule has 0 aliphatic rings. The number of aryl methyl sites for hydroxylation is 2. The number of thiol groups is 1. The summed E-state index contributed by atoms with van der Waals surface area (Å²) in [6.07, 6.45) is -0.723. The minimum absolute atomic E-state index is 0.0441. The van der Waals surface area contributed by atoms with Gasteiger partial charge in [-0.3, -0.25) is 9.59 Å². The van der Waals surface area contributed by atoms with Gasteiger partial charge in [0, 0.05) is 18.5 Å². The molecule has 2 unspecified atom stereocenters. The smallest absolute Gasteiger partial charge is 0.408 e. The molecule has 2 rings (SSSR count). The summed E-state index contributed by atoms with van der Waals surface area (Å²) in [7, 11) is 1.54. The number of anilines is 1. The Bertz CT molecular complexity index is 986. The quantitative estimate of drug-likeness (QED) is 0.527. The highest BCUT2D eigenvalue weighted by Crippen LogP contribution is 2.24. The van der Waals surface area contributed by atoms with E-state index in [4.69, 9.17) is 4.74 Å². The summed E-state index contributed by atoms with van der Waals surface area (Å²) in [4.78, 5) is 40.2.